The van der Waals surface area contributed by atoms with Crippen LogP contribution in [0, 0.1) is 24.7 Å². The Morgan fingerprint density at radius 1 is 0.568 bits per heavy atom. The van der Waals surface area contributed by atoms with Crippen molar-refractivity contribution in [2.24, 2.45) is 10.8 Å². The van der Waals surface area contributed by atoms with E-state index in [0.717, 1.165) is 112 Å². The molecule has 0 aliphatic carbocycles. The van der Waals surface area contributed by atoms with Crippen LogP contribution in [0.3, 0.4) is 0 Å². The van der Waals surface area contributed by atoms with Crippen molar-refractivity contribution in [3.05, 3.63) is 154 Å². The Balaban J connectivity index is 0.000000159. The van der Waals surface area contributed by atoms with E-state index < -0.39 is 35.0 Å². The number of pyridine rings is 2. The predicted molar refractivity (Wildman–Crippen MR) is 275 cm³/mol. The first-order valence-corrected chi connectivity index (χ1v) is 25.1. The minimum Gasteiger partial charge on any atom is -0.380 e. The number of morpholine rings is 2. The molecule has 2 spiro atoms. The molecule has 0 unspecified atom stereocenters. The molecular formula is C58H58F4N6O6. The van der Waals surface area contributed by atoms with Crippen molar-refractivity contribution < 1.29 is 46.1 Å². The number of aromatic nitrogens is 2. The molecule has 6 aliphatic rings. The van der Waals surface area contributed by atoms with Gasteiger partial charge in [-0.2, -0.15) is 17.6 Å². The van der Waals surface area contributed by atoms with E-state index >= 15 is 0 Å². The Morgan fingerprint density at radius 3 is 1.36 bits per heavy atom. The van der Waals surface area contributed by atoms with Crippen LogP contribution in [0.15, 0.2) is 109 Å². The molecule has 12 nitrogen and oxygen atoms in total. The average molecular weight is 1010 g/mol. The van der Waals surface area contributed by atoms with Crippen LogP contribution in [0.1, 0.15) is 68.2 Å². The normalized spacial score (nSPS) is 20.1. The van der Waals surface area contributed by atoms with E-state index in [9.17, 15) is 27.2 Å². The molecule has 6 aromatic rings. The zero-order valence-corrected chi connectivity index (χ0v) is 41.8. The number of amides is 2. The van der Waals surface area contributed by atoms with Crippen molar-refractivity contribution in [2.75, 3.05) is 86.4 Å². The summed E-state index contributed by atoms with van der Waals surface area (Å²) in [7, 11) is 0. The molecule has 4 aromatic carbocycles. The minimum atomic E-state index is -3.12. The Labute approximate surface area is 427 Å². The fraction of sp³-hybridized carbons (Fsp3) is 0.379. The van der Waals surface area contributed by atoms with Crippen LogP contribution >= 0.6 is 0 Å². The number of hydrogen-bond acceptors (Lipinski definition) is 10. The summed E-state index contributed by atoms with van der Waals surface area (Å²) in [4.78, 5) is 38.1. The van der Waals surface area contributed by atoms with Gasteiger partial charge in [0.05, 0.1) is 64.9 Å². The number of anilines is 4. The lowest BCUT2D eigenvalue weighted by atomic mass is 9.69. The fourth-order valence-electron chi connectivity index (χ4n) is 11.5. The lowest BCUT2D eigenvalue weighted by molar-refractivity contribution is -0.145. The van der Waals surface area contributed by atoms with E-state index in [2.05, 4.69) is 66.8 Å². The first-order chi connectivity index (χ1) is 35.5. The highest BCUT2D eigenvalue weighted by Crippen LogP contribution is 2.50. The van der Waals surface area contributed by atoms with E-state index in [1.54, 1.807) is 0 Å². The number of rotatable bonds is 8. The molecule has 8 heterocycles. The number of aryl methyl sites for hydroxylation is 2. The maximum Gasteiger partial charge on any atom is 0.286 e. The molecule has 74 heavy (non-hydrogen) atoms. The fourth-order valence-corrected chi connectivity index (χ4v) is 11.5. The van der Waals surface area contributed by atoms with Crippen molar-refractivity contribution in [2.45, 2.75) is 64.5 Å². The number of carbonyl (C=O) groups excluding carboxylic acids is 2. The van der Waals surface area contributed by atoms with E-state index in [4.69, 9.17) is 18.9 Å². The summed E-state index contributed by atoms with van der Waals surface area (Å²) in [6, 6.07) is 30.4. The Morgan fingerprint density at radius 2 is 0.986 bits per heavy atom. The molecule has 16 heteroatoms. The van der Waals surface area contributed by atoms with Gasteiger partial charge in [0.15, 0.2) is 0 Å². The SMILES string of the molecule is Cc1ccc(NC(=O)c2ccnc(C(C)(F)F)c2)cc1-c1ccc2c(c1)N1CCOC[C@@H]1C1(COC1)C2.Cc1ccc(NC(=O)c2ccnc(C(C)(F)F)c2)cc1-c1ccc2c(c1)N1CCOC[C@H]1C1(COC1)C2. The lowest BCUT2D eigenvalue weighted by Crippen LogP contribution is -2.65. The maximum atomic E-state index is 13.7. The molecule has 2 aromatic heterocycles. The van der Waals surface area contributed by atoms with E-state index in [0.29, 0.717) is 49.9 Å². The molecule has 0 saturated carbocycles. The van der Waals surface area contributed by atoms with Gasteiger partial charge in [0.1, 0.15) is 11.4 Å². The van der Waals surface area contributed by atoms with Crippen molar-refractivity contribution in [3.8, 4) is 22.3 Å². The van der Waals surface area contributed by atoms with Crippen LogP contribution in [-0.4, -0.2) is 99.8 Å². The quantitative estimate of drug-likeness (QED) is 0.142. The zero-order valence-electron chi connectivity index (χ0n) is 41.8. The van der Waals surface area contributed by atoms with Gasteiger partial charge in [-0.05, 0) is 132 Å². The van der Waals surface area contributed by atoms with Crippen LogP contribution in [0.2, 0.25) is 0 Å². The van der Waals surface area contributed by atoms with Crippen LogP contribution in [0.5, 0.6) is 0 Å². The molecule has 0 bridgehead atoms. The third kappa shape index (κ3) is 9.41. The Hall–Kier alpha value is -6.72. The maximum absolute atomic E-state index is 13.7. The van der Waals surface area contributed by atoms with E-state index in [1.807, 2.05) is 50.2 Å². The minimum absolute atomic E-state index is 0.129. The first-order valence-electron chi connectivity index (χ1n) is 25.1. The van der Waals surface area contributed by atoms with Crippen molar-refractivity contribution in [3.63, 3.8) is 0 Å². The van der Waals surface area contributed by atoms with Crippen LogP contribution in [0.4, 0.5) is 40.3 Å². The summed E-state index contributed by atoms with van der Waals surface area (Å²) in [6.45, 7) is 13.2. The predicted octanol–water partition coefficient (Wildman–Crippen LogP) is 10.4. The second-order valence-electron chi connectivity index (χ2n) is 20.9. The van der Waals surface area contributed by atoms with Crippen molar-refractivity contribution in [1.29, 1.82) is 0 Å². The highest BCUT2D eigenvalue weighted by molar-refractivity contribution is 6.05. The molecular weight excluding hydrogens is 953 g/mol. The second kappa shape index (κ2) is 19.2. The highest BCUT2D eigenvalue weighted by Gasteiger charge is 2.54. The summed E-state index contributed by atoms with van der Waals surface area (Å²) in [5, 5.41) is 5.71. The molecule has 2 amide bonds. The summed E-state index contributed by atoms with van der Waals surface area (Å²) >= 11 is 0. The summed E-state index contributed by atoms with van der Waals surface area (Å²) < 4.78 is 77.7. The van der Waals surface area contributed by atoms with Gasteiger partial charge >= 0.3 is 0 Å². The summed E-state index contributed by atoms with van der Waals surface area (Å²) in [6.07, 6.45) is 4.42. The highest BCUT2D eigenvalue weighted by atomic mass is 19.3. The van der Waals surface area contributed by atoms with Gasteiger partial charge in [-0.3, -0.25) is 19.6 Å². The topological polar surface area (TPSA) is 127 Å². The standard InChI is InChI=1S/2C29H29F2N3O3/c2*1-18-3-6-22(33-27(35)20-7-8-32-25(12-20)28(2,30)31)13-23(18)19-4-5-21-14-29(16-37-17-29)26-15-36-10-9-34(26)24(21)11-19/h2*3-8,11-13,26H,9-10,14-17H2,1-2H3,(H,33,35)/t2*26-/m10/s1. The zero-order chi connectivity index (χ0) is 51.6. The molecule has 384 valence electrons. The van der Waals surface area contributed by atoms with Gasteiger partial charge < -0.3 is 39.4 Å². The van der Waals surface area contributed by atoms with Crippen molar-refractivity contribution in [1.82, 2.24) is 9.97 Å². The Kier molecular flexibility index (Phi) is 12.8. The monoisotopic (exact) mass is 1010 g/mol. The van der Waals surface area contributed by atoms with Gasteiger partial charge in [-0.25, -0.2) is 0 Å². The van der Waals surface area contributed by atoms with Crippen LogP contribution in [-0.2, 0) is 43.6 Å². The molecule has 12 rings (SSSR count). The molecule has 0 radical (unpaired) electrons. The molecule has 6 aliphatic heterocycles. The largest absolute Gasteiger partial charge is 0.380 e. The second-order valence-corrected chi connectivity index (χ2v) is 20.9. The third-order valence-electron chi connectivity index (χ3n) is 15.7. The summed E-state index contributed by atoms with van der Waals surface area (Å²) in [5.74, 6) is -7.16. The number of nitrogens with one attached hydrogen (secondary N) is 2. The molecule has 2 atom stereocenters. The van der Waals surface area contributed by atoms with Crippen LogP contribution in [0.25, 0.3) is 22.3 Å². The Bertz CT molecular complexity index is 2940. The number of fused-ring (bicyclic) bond motifs is 8. The van der Waals surface area contributed by atoms with E-state index in [1.165, 1.54) is 47.0 Å². The number of carbonyl (C=O) groups is 2. The van der Waals surface area contributed by atoms with Crippen LogP contribution < -0.4 is 20.4 Å². The number of halogens is 4. The van der Waals surface area contributed by atoms with Gasteiger partial charge in [0.2, 0.25) is 0 Å². The smallest absolute Gasteiger partial charge is 0.286 e. The number of hydrogen-bond donors (Lipinski definition) is 2. The molecule has 4 saturated heterocycles. The number of ether oxygens (including phenoxy) is 4. The van der Waals surface area contributed by atoms with Gasteiger partial charge in [0.25, 0.3) is 23.7 Å². The number of alkyl halides is 4. The van der Waals surface area contributed by atoms with Crippen molar-refractivity contribution >= 4 is 34.6 Å². The van der Waals surface area contributed by atoms with Gasteiger partial charge in [-0.1, -0.05) is 36.4 Å². The third-order valence-corrected chi connectivity index (χ3v) is 15.7. The first kappa shape index (κ1) is 49.5. The molecule has 2 N–H and O–H groups in total. The number of benzene rings is 4. The lowest BCUT2D eigenvalue weighted by Gasteiger charge is -2.56. The molecule has 4 fully saturated rings. The average Bonchev–Trinajstić information content (AvgIpc) is 3.39. The number of nitrogens with zero attached hydrogens (tertiary/aromatic N) is 4. The van der Waals surface area contributed by atoms with E-state index in [-0.39, 0.29) is 22.0 Å². The van der Waals surface area contributed by atoms with Gasteiger partial charge in [-0.15, -0.1) is 0 Å². The van der Waals surface area contributed by atoms with Gasteiger partial charge in [0, 0.05) is 84.0 Å². The summed E-state index contributed by atoms with van der Waals surface area (Å²) in [5.41, 5.74) is 12.3.